The summed E-state index contributed by atoms with van der Waals surface area (Å²) in [4.78, 5) is 35.3. The molecule has 3 amide bonds. The second kappa shape index (κ2) is 5.90. The van der Waals surface area contributed by atoms with Crippen molar-refractivity contribution < 1.29 is 9.59 Å². The first-order valence-electron chi connectivity index (χ1n) is 6.83. The Hall–Kier alpha value is -2.19. The highest BCUT2D eigenvalue weighted by Crippen LogP contribution is 2.18. The van der Waals surface area contributed by atoms with Crippen molar-refractivity contribution in [1.82, 2.24) is 25.5 Å². The monoisotopic (exact) mass is 322 g/mol. The largest absolute Gasteiger partial charge is 0.354 e. The third kappa shape index (κ3) is 3.18. The van der Waals surface area contributed by atoms with Crippen molar-refractivity contribution in [2.24, 2.45) is 0 Å². The van der Waals surface area contributed by atoms with Crippen molar-refractivity contribution in [2.45, 2.75) is 0 Å². The van der Waals surface area contributed by atoms with Gasteiger partial charge in [0.25, 0.3) is 5.91 Å². The number of nitrogens with one attached hydrogen (secondary N) is 2. The molecule has 0 unspecified atom stereocenters. The standard InChI is InChI=1S/C13H15ClN6O2/c1-19-2-4-20(5-3-19)10-7-8(15-12(14)17-10)6-9-11(21)18-13(22)16-9/h6-7H,2-5H2,1H3,(H2,16,18,21,22)/b9-6+. The van der Waals surface area contributed by atoms with Gasteiger partial charge in [0.2, 0.25) is 5.28 Å². The number of piperazine rings is 1. The van der Waals surface area contributed by atoms with Crippen molar-refractivity contribution in [3.05, 3.63) is 22.7 Å². The summed E-state index contributed by atoms with van der Waals surface area (Å²) in [5, 5.41) is 4.65. The minimum absolute atomic E-state index is 0.105. The highest BCUT2D eigenvalue weighted by Gasteiger charge is 2.23. The van der Waals surface area contributed by atoms with Gasteiger partial charge in [-0.2, -0.15) is 0 Å². The molecule has 116 valence electrons. The van der Waals surface area contributed by atoms with Gasteiger partial charge in [-0.15, -0.1) is 0 Å². The van der Waals surface area contributed by atoms with E-state index in [0.717, 1.165) is 26.2 Å². The lowest BCUT2D eigenvalue weighted by atomic mass is 10.2. The third-order valence-electron chi connectivity index (χ3n) is 3.54. The Morgan fingerprint density at radius 2 is 1.91 bits per heavy atom. The van der Waals surface area contributed by atoms with E-state index in [1.807, 2.05) is 0 Å². The van der Waals surface area contributed by atoms with Gasteiger partial charge in [-0.25, -0.2) is 14.8 Å². The van der Waals surface area contributed by atoms with Gasteiger partial charge in [-0.3, -0.25) is 10.1 Å². The van der Waals surface area contributed by atoms with Crippen molar-refractivity contribution >= 4 is 35.4 Å². The second-order valence-corrected chi connectivity index (χ2v) is 5.51. The van der Waals surface area contributed by atoms with Gasteiger partial charge >= 0.3 is 6.03 Å². The summed E-state index contributed by atoms with van der Waals surface area (Å²) >= 11 is 5.97. The van der Waals surface area contributed by atoms with Crippen molar-refractivity contribution in [3.63, 3.8) is 0 Å². The van der Waals surface area contributed by atoms with Crippen LogP contribution in [0.4, 0.5) is 10.6 Å². The number of rotatable bonds is 2. The molecule has 0 aromatic carbocycles. The van der Waals surface area contributed by atoms with Gasteiger partial charge in [0, 0.05) is 32.2 Å². The van der Waals surface area contributed by atoms with Gasteiger partial charge in [0.05, 0.1) is 5.69 Å². The maximum absolute atomic E-state index is 11.5. The molecule has 2 fully saturated rings. The van der Waals surface area contributed by atoms with Crippen LogP contribution in [0.3, 0.4) is 0 Å². The summed E-state index contributed by atoms with van der Waals surface area (Å²) in [6.45, 7) is 3.57. The Kier molecular flexibility index (Phi) is 3.95. The van der Waals surface area contributed by atoms with Crippen molar-refractivity contribution in [3.8, 4) is 0 Å². The number of likely N-dealkylation sites (N-methyl/N-ethyl adjacent to an activating group) is 1. The zero-order valence-electron chi connectivity index (χ0n) is 12.0. The van der Waals surface area contributed by atoms with Crippen LogP contribution in [0.2, 0.25) is 5.28 Å². The molecular weight excluding hydrogens is 308 g/mol. The lowest BCUT2D eigenvalue weighted by molar-refractivity contribution is -0.115. The van der Waals surface area contributed by atoms with E-state index in [9.17, 15) is 9.59 Å². The van der Waals surface area contributed by atoms with E-state index in [1.54, 1.807) is 6.07 Å². The summed E-state index contributed by atoms with van der Waals surface area (Å²) in [5.74, 6) is 0.227. The predicted molar refractivity (Wildman–Crippen MR) is 81.4 cm³/mol. The first-order valence-corrected chi connectivity index (χ1v) is 7.21. The van der Waals surface area contributed by atoms with Crippen LogP contribution >= 0.6 is 11.6 Å². The van der Waals surface area contributed by atoms with Gasteiger partial charge in [-0.1, -0.05) is 0 Å². The van der Waals surface area contributed by atoms with E-state index in [4.69, 9.17) is 11.6 Å². The maximum atomic E-state index is 11.5. The fourth-order valence-corrected chi connectivity index (χ4v) is 2.51. The lowest BCUT2D eigenvalue weighted by Gasteiger charge is -2.33. The molecule has 8 nitrogen and oxygen atoms in total. The number of hydrogen-bond donors (Lipinski definition) is 2. The summed E-state index contributed by atoms with van der Waals surface area (Å²) in [6.07, 6.45) is 1.48. The van der Waals surface area contributed by atoms with E-state index >= 15 is 0 Å². The van der Waals surface area contributed by atoms with Gasteiger partial charge < -0.3 is 15.1 Å². The zero-order chi connectivity index (χ0) is 15.7. The number of imide groups is 1. The molecule has 1 aromatic heterocycles. The molecule has 0 spiro atoms. The Labute approximate surface area is 132 Å². The topological polar surface area (TPSA) is 90.5 Å². The molecule has 2 saturated heterocycles. The molecule has 0 saturated carbocycles. The van der Waals surface area contributed by atoms with E-state index in [1.165, 1.54) is 6.08 Å². The third-order valence-corrected chi connectivity index (χ3v) is 3.71. The molecule has 0 radical (unpaired) electrons. The fraction of sp³-hybridized carbons (Fsp3) is 0.385. The smallest absolute Gasteiger partial charge is 0.326 e. The fourth-order valence-electron chi connectivity index (χ4n) is 2.32. The summed E-state index contributed by atoms with van der Waals surface area (Å²) in [5.41, 5.74) is 0.616. The van der Waals surface area contributed by atoms with Crippen LogP contribution in [0.25, 0.3) is 6.08 Å². The molecule has 3 heterocycles. The Morgan fingerprint density at radius 1 is 1.18 bits per heavy atom. The SMILES string of the molecule is CN1CCN(c2cc(/C=C3/NC(=O)NC3=O)nc(Cl)n2)CC1. The van der Waals surface area contributed by atoms with E-state index in [0.29, 0.717) is 11.5 Å². The van der Waals surface area contributed by atoms with Crippen LogP contribution in [0, 0.1) is 0 Å². The number of anilines is 1. The van der Waals surface area contributed by atoms with Gasteiger partial charge in [0.1, 0.15) is 11.5 Å². The summed E-state index contributed by atoms with van der Waals surface area (Å²) in [7, 11) is 2.07. The Bertz CT molecular complexity index is 654. The Morgan fingerprint density at radius 3 is 2.55 bits per heavy atom. The molecule has 3 rings (SSSR count). The van der Waals surface area contributed by atoms with Crippen LogP contribution in [-0.2, 0) is 4.79 Å². The highest BCUT2D eigenvalue weighted by atomic mass is 35.5. The second-order valence-electron chi connectivity index (χ2n) is 5.18. The average molecular weight is 323 g/mol. The van der Waals surface area contributed by atoms with Crippen LogP contribution in [0.1, 0.15) is 5.69 Å². The molecule has 2 aliphatic rings. The molecule has 0 aliphatic carbocycles. The zero-order valence-corrected chi connectivity index (χ0v) is 12.7. The number of nitrogens with zero attached hydrogens (tertiary/aromatic N) is 4. The normalized spacial score (nSPS) is 21.2. The van der Waals surface area contributed by atoms with Crippen LogP contribution < -0.4 is 15.5 Å². The number of carbonyl (C=O) groups excluding carboxylic acids is 2. The van der Waals surface area contributed by atoms with Crippen molar-refractivity contribution in [1.29, 1.82) is 0 Å². The highest BCUT2D eigenvalue weighted by molar-refractivity contribution is 6.28. The maximum Gasteiger partial charge on any atom is 0.326 e. The number of amides is 3. The molecule has 2 aliphatic heterocycles. The predicted octanol–water partition coefficient (Wildman–Crippen LogP) is 0.0621. The minimum atomic E-state index is -0.546. The van der Waals surface area contributed by atoms with Gasteiger partial charge in [-0.05, 0) is 24.7 Å². The molecule has 22 heavy (non-hydrogen) atoms. The van der Waals surface area contributed by atoms with Gasteiger partial charge in [0.15, 0.2) is 0 Å². The number of aromatic nitrogens is 2. The molecular formula is C13H15ClN6O2. The molecule has 0 atom stereocenters. The lowest BCUT2D eigenvalue weighted by Crippen LogP contribution is -2.44. The van der Waals surface area contributed by atoms with E-state index in [-0.39, 0.29) is 11.0 Å². The Balaban J connectivity index is 1.85. The number of carbonyl (C=O) groups is 2. The minimum Gasteiger partial charge on any atom is -0.354 e. The van der Waals surface area contributed by atoms with Crippen molar-refractivity contribution in [2.75, 3.05) is 38.1 Å². The number of halogens is 1. The molecule has 9 heteroatoms. The van der Waals surface area contributed by atoms with Crippen LogP contribution in [0.15, 0.2) is 11.8 Å². The van der Waals surface area contributed by atoms with E-state index < -0.39 is 11.9 Å². The summed E-state index contributed by atoms with van der Waals surface area (Å²) in [6, 6.07) is 1.21. The quantitative estimate of drug-likeness (QED) is 0.455. The molecule has 1 aromatic rings. The first kappa shape index (κ1) is 14.7. The number of urea groups is 1. The van der Waals surface area contributed by atoms with Crippen LogP contribution in [0.5, 0.6) is 0 Å². The average Bonchev–Trinajstić information content (AvgIpc) is 2.77. The first-order chi connectivity index (χ1) is 10.5. The number of hydrogen-bond acceptors (Lipinski definition) is 6. The van der Waals surface area contributed by atoms with E-state index in [2.05, 4.69) is 37.4 Å². The molecule has 0 bridgehead atoms. The van der Waals surface area contributed by atoms with Crippen LogP contribution in [-0.4, -0.2) is 60.0 Å². The molecule has 2 N–H and O–H groups in total. The summed E-state index contributed by atoms with van der Waals surface area (Å²) < 4.78 is 0.